The van der Waals surface area contributed by atoms with Gasteiger partial charge in [-0.3, -0.25) is 71.9 Å². The standard InChI is InChI=1S/C93H133N7O33/c1-56(101)33-42-81(115)130-77(55-125-93(69-28-17-16-18-29-69,70-34-38-72(117-14)39-35-70)71-36-40-73(118-15)41-37-71)89(116)100(46-26-44-95-79(113)31-20-23-50-120-91-83(97-60(5)103)58(3)86(127-66(11)109)75(132-91)53-123-63(8)106)48-27-47-99(80(114)32-21-24-51-121-92-84(98-61(6)104)88(129-68(13)111)87(128-67(12)110)76(133-92)54-124-64(9)107)45-25-43-94-78(112)30-19-22-49-119-90-82(96-59(4)102)57(2)85(126-65(10)108)74(131-90)52-122-62(7)105/h16-18,28-29,34-41,57-58,74-77,82-88,90-92H,19-27,30-33,42-55H2,1-15H3,(H,94,112)(H,95,113)(H,96,102)(H,97,103)(H,98,104)/t57-,58-,74?,75?,76?,77?,82?,83?,84?,85-,86-,87+,88-,90-,91-,92-/m1/s1. The van der Waals surface area contributed by atoms with Gasteiger partial charge in [0.1, 0.15) is 79.3 Å². The zero-order valence-corrected chi connectivity index (χ0v) is 78.7. The lowest BCUT2D eigenvalue weighted by Crippen LogP contribution is -2.66. The van der Waals surface area contributed by atoms with Crippen molar-refractivity contribution in [3.63, 3.8) is 0 Å². The summed E-state index contributed by atoms with van der Waals surface area (Å²) in [7, 11) is 3.04. The summed E-state index contributed by atoms with van der Waals surface area (Å²) in [6.45, 7) is 15.1. The third kappa shape index (κ3) is 37.6. The van der Waals surface area contributed by atoms with Gasteiger partial charge < -0.3 is 122 Å². The number of esters is 8. The molecule has 738 valence electrons. The van der Waals surface area contributed by atoms with Gasteiger partial charge in [-0.2, -0.15) is 0 Å². The van der Waals surface area contributed by atoms with E-state index in [0.29, 0.717) is 53.9 Å². The van der Waals surface area contributed by atoms with Gasteiger partial charge >= 0.3 is 47.8 Å². The molecule has 16 atom stereocenters. The van der Waals surface area contributed by atoms with E-state index in [2.05, 4.69) is 26.6 Å². The lowest BCUT2D eigenvalue weighted by Gasteiger charge is -2.44. The van der Waals surface area contributed by atoms with Crippen LogP contribution in [0, 0.1) is 11.8 Å². The molecule has 0 bridgehead atoms. The Labute approximate surface area is 775 Å². The zero-order valence-electron chi connectivity index (χ0n) is 78.7. The summed E-state index contributed by atoms with van der Waals surface area (Å²) in [5.41, 5.74) is 0.184. The molecule has 3 saturated heterocycles. The first-order valence-electron chi connectivity index (χ1n) is 44.8. The predicted molar refractivity (Wildman–Crippen MR) is 470 cm³/mol. The van der Waals surface area contributed by atoms with Gasteiger partial charge in [0, 0.05) is 166 Å². The number of ether oxygens (including phenoxy) is 17. The quantitative estimate of drug-likeness (QED) is 0.0207. The number of rotatable bonds is 56. The maximum Gasteiger partial charge on any atom is 0.307 e. The Morgan fingerprint density at radius 2 is 0.759 bits per heavy atom. The van der Waals surface area contributed by atoms with Gasteiger partial charge in [0.15, 0.2) is 31.1 Å². The second-order valence-corrected chi connectivity index (χ2v) is 32.7. The Bertz CT molecular complexity index is 4240. The molecule has 3 fully saturated rings. The third-order valence-corrected chi connectivity index (χ3v) is 21.9. The number of ketones is 1. The molecule has 0 aliphatic carbocycles. The lowest BCUT2D eigenvalue weighted by molar-refractivity contribution is -0.277. The molecule has 0 saturated carbocycles. The molecule has 3 aromatic rings. The summed E-state index contributed by atoms with van der Waals surface area (Å²) in [4.78, 5) is 211. The highest BCUT2D eigenvalue weighted by molar-refractivity contribution is 5.86. The topological polar surface area (TPSA) is 497 Å². The minimum absolute atomic E-state index is 0.0111. The van der Waals surface area contributed by atoms with Gasteiger partial charge in [-0.1, -0.05) is 68.4 Å². The number of carbonyl (C=O) groups excluding carboxylic acids is 16. The van der Waals surface area contributed by atoms with Crippen LogP contribution < -0.4 is 36.1 Å². The highest BCUT2D eigenvalue weighted by Crippen LogP contribution is 2.43. The van der Waals surface area contributed by atoms with Crippen LogP contribution in [0.2, 0.25) is 0 Å². The minimum Gasteiger partial charge on any atom is -0.497 e. The third-order valence-electron chi connectivity index (χ3n) is 21.9. The van der Waals surface area contributed by atoms with Crippen molar-refractivity contribution in [1.29, 1.82) is 0 Å². The molecule has 0 spiro atoms. The van der Waals surface area contributed by atoms with Crippen molar-refractivity contribution >= 4 is 94.9 Å². The Morgan fingerprint density at radius 1 is 0.391 bits per heavy atom. The molecular formula is C93H133N7O33. The van der Waals surface area contributed by atoms with Crippen molar-refractivity contribution < 1.29 is 157 Å². The number of nitrogens with zero attached hydrogens (tertiary/aromatic N) is 2. The molecule has 6 rings (SSSR count). The molecule has 133 heavy (non-hydrogen) atoms. The molecule has 0 aromatic heterocycles. The summed E-state index contributed by atoms with van der Waals surface area (Å²) in [6, 6.07) is 20.5. The van der Waals surface area contributed by atoms with Crippen LogP contribution in [0.25, 0.3) is 0 Å². The first-order valence-corrected chi connectivity index (χ1v) is 44.8. The smallest absolute Gasteiger partial charge is 0.307 e. The van der Waals surface area contributed by atoms with Crippen molar-refractivity contribution in [1.82, 2.24) is 36.4 Å². The number of nitrogens with one attached hydrogen (secondary N) is 5. The van der Waals surface area contributed by atoms with Crippen molar-refractivity contribution in [3.05, 3.63) is 95.6 Å². The molecular weight excluding hydrogens is 1740 g/mol. The van der Waals surface area contributed by atoms with Gasteiger partial charge in [-0.15, -0.1) is 0 Å². The summed E-state index contributed by atoms with van der Waals surface area (Å²) in [6.07, 6.45) is -11.7. The zero-order chi connectivity index (χ0) is 97.9. The Kier molecular flexibility index (Phi) is 47.6. The van der Waals surface area contributed by atoms with E-state index in [1.54, 1.807) is 67.3 Å². The van der Waals surface area contributed by atoms with Crippen LogP contribution in [-0.4, -0.2) is 290 Å². The Balaban J connectivity index is 1.28. The molecule has 40 heteroatoms. The maximum atomic E-state index is 15.9. The number of Topliss-reactive ketones (excluding diaryl/α,β-unsaturated/α-hetero) is 1. The largest absolute Gasteiger partial charge is 0.497 e. The van der Waals surface area contributed by atoms with Crippen molar-refractivity contribution in [3.8, 4) is 11.5 Å². The monoisotopic (exact) mass is 1880 g/mol. The number of carbonyl (C=O) groups is 16. The van der Waals surface area contributed by atoms with Gasteiger partial charge in [0.05, 0.1) is 39.3 Å². The Morgan fingerprint density at radius 3 is 1.17 bits per heavy atom. The maximum absolute atomic E-state index is 15.9. The van der Waals surface area contributed by atoms with E-state index in [-0.39, 0.29) is 154 Å². The van der Waals surface area contributed by atoms with E-state index in [1.165, 1.54) is 74.5 Å². The van der Waals surface area contributed by atoms with Crippen LogP contribution in [-0.2, 0) is 153 Å². The molecule has 7 amide bonds. The summed E-state index contributed by atoms with van der Waals surface area (Å²) >= 11 is 0. The molecule has 3 aliphatic rings. The second-order valence-electron chi connectivity index (χ2n) is 32.7. The molecule has 3 aromatic carbocycles. The molecule has 3 aliphatic heterocycles. The van der Waals surface area contributed by atoms with Crippen LogP contribution >= 0.6 is 0 Å². The van der Waals surface area contributed by atoms with Crippen molar-refractivity contribution in [2.45, 2.75) is 271 Å². The van der Waals surface area contributed by atoms with Crippen LogP contribution in [0.3, 0.4) is 0 Å². The van der Waals surface area contributed by atoms with Crippen LogP contribution in [0.1, 0.15) is 197 Å². The molecule has 5 N–H and O–H groups in total. The summed E-state index contributed by atoms with van der Waals surface area (Å²) in [5, 5.41) is 14.1. The summed E-state index contributed by atoms with van der Waals surface area (Å²) < 4.78 is 99.6. The first kappa shape index (κ1) is 110. The van der Waals surface area contributed by atoms with E-state index < -0.39 is 194 Å². The van der Waals surface area contributed by atoms with Crippen LogP contribution in [0.4, 0.5) is 0 Å². The van der Waals surface area contributed by atoms with Gasteiger partial charge in [-0.05, 0) is 106 Å². The SMILES string of the molecule is COc1ccc(C(OCC(OC(=O)CCC(C)=O)C(=O)N(CCCNC(=O)CCCCO[C@@H]2OC(COC(C)=O)[C@H](OC(C)=O)[C@H](C)C2NC(C)=O)CCCN(CCCNC(=O)CCCCO[C@@H]2OC(COC(C)=O)[C@H](OC(C)=O)[C@H](C)C2NC(C)=O)C(=O)CCCCO[C@@H]2OC(COC(C)=O)[C@H](OC(C)=O)[C@H](OC(C)=O)C2NC(C)=O)(c2ccccc2)c2ccc(OC)cc2)cc1. The number of amides is 7. The molecule has 0 radical (unpaired) electrons. The average Bonchev–Trinajstić information content (AvgIpc) is 0.747. The van der Waals surface area contributed by atoms with E-state index in [4.69, 9.17) is 80.5 Å². The first-order chi connectivity index (χ1) is 63.3. The minimum atomic E-state index is -1.72. The van der Waals surface area contributed by atoms with Crippen LogP contribution in [0.5, 0.6) is 11.5 Å². The number of hydrogen-bond donors (Lipinski definition) is 5. The molecule has 3 heterocycles. The second kappa shape index (κ2) is 57.3. The van der Waals surface area contributed by atoms with E-state index >= 15 is 4.79 Å². The fraction of sp³-hybridized carbons (Fsp3) is 0.634. The number of unbranched alkanes of at least 4 members (excludes halogenated alkanes) is 3. The fourth-order valence-corrected chi connectivity index (χ4v) is 15.6. The lowest BCUT2D eigenvalue weighted by atomic mass is 9.80. The molecule has 7 unspecified atom stereocenters. The van der Waals surface area contributed by atoms with E-state index in [1.807, 2.05) is 30.3 Å². The average molecular weight is 1880 g/mol. The Hall–Kier alpha value is -11.3. The highest BCUT2D eigenvalue weighted by atomic mass is 16.7. The summed E-state index contributed by atoms with van der Waals surface area (Å²) in [5.74, 6) is -9.31. The normalized spacial score (nSPS) is 21.7. The molecule has 40 nitrogen and oxygen atoms in total. The van der Waals surface area contributed by atoms with Gasteiger partial charge in [-0.25, -0.2) is 0 Å². The van der Waals surface area contributed by atoms with Crippen molar-refractivity contribution in [2.75, 3.05) is 99.7 Å². The predicted octanol–water partition coefficient (Wildman–Crippen LogP) is 5.29. The number of hydrogen-bond acceptors (Lipinski definition) is 33. The number of benzene rings is 3. The highest BCUT2D eigenvalue weighted by Gasteiger charge is 2.53. The van der Waals surface area contributed by atoms with E-state index in [9.17, 15) is 71.9 Å². The van der Waals surface area contributed by atoms with Gasteiger partial charge in [0.2, 0.25) is 41.5 Å². The van der Waals surface area contributed by atoms with E-state index in [0.717, 1.165) is 20.8 Å². The van der Waals surface area contributed by atoms with Gasteiger partial charge in [0.25, 0.3) is 5.91 Å². The number of methoxy groups -OCH3 is 2. The fourth-order valence-electron chi connectivity index (χ4n) is 15.6. The van der Waals surface area contributed by atoms with Crippen molar-refractivity contribution in [2.24, 2.45) is 11.8 Å². The van der Waals surface area contributed by atoms with Crippen LogP contribution in [0.15, 0.2) is 78.9 Å².